The van der Waals surface area contributed by atoms with E-state index in [-0.39, 0.29) is 11.9 Å². The molecule has 4 N–H and O–H groups in total. The van der Waals surface area contributed by atoms with Crippen molar-refractivity contribution in [3.8, 4) is 16.2 Å². The van der Waals surface area contributed by atoms with Gasteiger partial charge in [-0.3, -0.25) is 4.79 Å². The average molecular weight is 485 g/mol. The van der Waals surface area contributed by atoms with E-state index in [1.165, 1.54) is 11.3 Å². The number of amides is 3. The fraction of sp³-hybridized carbons (Fsp3) is 0.250. The molecule has 7 nitrogen and oxygen atoms in total. The molecule has 33 heavy (non-hydrogen) atoms. The number of methoxy groups -OCH3 is 1. The average Bonchev–Trinajstić information content (AvgIpc) is 3.24. The maximum atomic E-state index is 13.1. The second kappa shape index (κ2) is 10.7. The van der Waals surface area contributed by atoms with E-state index in [1.54, 1.807) is 43.5 Å². The molecule has 1 atom stereocenters. The Balaban J connectivity index is 1.54. The van der Waals surface area contributed by atoms with E-state index in [2.05, 4.69) is 21.3 Å². The van der Waals surface area contributed by atoms with Crippen molar-refractivity contribution in [1.29, 1.82) is 0 Å². The van der Waals surface area contributed by atoms with Crippen LogP contribution in [0.3, 0.4) is 0 Å². The third-order valence-electron chi connectivity index (χ3n) is 5.30. The molecule has 1 aliphatic rings. The molecule has 0 bridgehead atoms. The number of carbonyl (C=O) groups excluding carboxylic acids is 2. The minimum Gasteiger partial charge on any atom is -0.497 e. The van der Waals surface area contributed by atoms with E-state index >= 15 is 0 Å². The molecule has 2 heterocycles. The van der Waals surface area contributed by atoms with Gasteiger partial charge in [-0.1, -0.05) is 23.7 Å². The molecule has 0 aliphatic carbocycles. The first-order valence-electron chi connectivity index (χ1n) is 10.7. The lowest BCUT2D eigenvalue weighted by Gasteiger charge is -2.23. The van der Waals surface area contributed by atoms with Crippen LogP contribution in [0.2, 0.25) is 5.02 Å². The number of hydrogen-bond donors (Lipinski definition) is 4. The van der Waals surface area contributed by atoms with E-state index < -0.39 is 6.03 Å². The van der Waals surface area contributed by atoms with Crippen molar-refractivity contribution < 1.29 is 14.3 Å². The highest BCUT2D eigenvalue weighted by molar-refractivity contribution is 7.18. The number of carbonyl (C=O) groups is 2. The molecule has 3 aromatic rings. The number of halogens is 1. The molecule has 3 amide bonds. The smallest absolute Gasteiger partial charge is 0.323 e. The summed E-state index contributed by atoms with van der Waals surface area (Å²) in [6.45, 7) is 1.70. The summed E-state index contributed by atoms with van der Waals surface area (Å²) in [5.74, 6) is 0.496. The van der Waals surface area contributed by atoms with Crippen molar-refractivity contribution >= 4 is 46.3 Å². The van der Waals surface area contributed by atoms with Gasteiger partial charge < -0.3 is 26.0 Å². The number of benzene rings is 2. The summed E-state index contributed by atoms with van der Waals surface area (Å²) in [6, 6.07) is 15.8. The van der Waals surface area contributed by atoms with E-state index in [9.17, 15) is 9.59 Å². The van der Waals surface area contributed by atoms with Crippen LogP contribution in [0.5, 0.6) is 5.75 Å². The number of thiophene rings is 1. The largest absolute Gasteiger partial charge is 0.497 e. The molecule has 0 radical (unpaired) electrons. The molecule has 2 aromatic carbocycles. The number of anilines is 2. The number of ether oxygens (including phenoxy) is 1. The van der Waals surface area contributed by atoms with Gasteiger partial charge in [-0.05, 0) is 67.4 Å². The third kappa shape index (κ3) is 6.04. The van der Waals surface area contributed by atoms with Crippen molar-refractivity contribution in [3.63, 3.8) is 0 Å². The summed E-state index contributed by atoms with van der Waals surface area (Å²) in [6.07, 6.45) is 1.94. The van der Waals surface area contributed by atoms with Crippen LogP contribution >= 0.6 is 22.9 Å². The SMILES string of the molecule is COc1ccc(NC(=O)Nc2cc(-c3ccc(Cl)cc3)sc2C(=O)N[C@H]2CCCNC2)cc1. The molecular formula is C24H25ClN4O3S. The fourth-order valence-electron chi connectivity index (χ4n) is 3.59. The summed E-state index contributed by atoms with van der Waals surface area (Å²) in [4.78, 5) is 27.1. The first-order chi connectivity index (χ1) is 16.0. The highest BCUT2D eigenvalue weighted by Crippen LogP contribution is 2.35. The molecule has 1 fully saturated rings. The number of rotatable bonds is 6. The van der Waals surface area contributed by atoms with Crippen molar-refractivity contribution in [2.45, 2.75) is 18.9 Å². The Morgan fingerprint density at radius 3 is 2.52 bits per heavy atom. The van der Waals surface area contributed by atoms with Gasteiger partial charge in [0.2, 0.25) is 0 Å². The van der Waals surface area contributed by atoms with E-state index in [1.807, 2.05) is 18.2 Å². The molecule has 0 spiro atoms. The van der Waals surface area contributed by atoms with Gasteiger partial charge in [0.1, 0.15) is 10.6 Å². The van der Waals surface area contributed by atoms with Gasteiger partial charge in [0, 0.05) is 28.2 Å². The molecule has 172 valence electrons. The van der Waals surface area contributed by atoms with Gasteiger partial charge in [-0.25, -0.2) is 4.79 Å². The Morgan fingerprint density at radius 1 is 1.09 bits per heavy atom. The molecule has 0 saturated carbocycles. The van der Waals surface area contributed by atoms with Crippen LogP contribution in [0, 0.1) is 0 Å². The topological polar surface area (TPSA) is 91.5 Å². The van der Waals surface area contributed by atoms with Crippen molar-refractivity contribution in [3.05, 3.63) is 64.5 Å². The summed E-state index contributed by atoms with van der Waals surface area (Å²) in [7, 11) is 1.58. The van der Waals surface area contributed by atoms with E-state index in [0.29, 0.717) is 27.0 Å². The Bertz CT molecular complexity index is 1110. The maximum absolute atomic E-state index is 13.1. The van der Waals surface area contributed by atoms with Gasteiger partial charge in [0.15, 0.2) is 0 Å². The number of nitrogens with one attached hydrogen (secondary N) is 4. The molecule has 0 unspecified atom stereocenters. The molecule has 9 heteroatoms. The summed E-state index contributed by atoms with van der Waals surface area (Å²) < 4.78 is 5.14. The minimum atomic E-state index is -0.436. The minimum absolute atomic E-state index is 0.0632. The number of urea groups is 1. The quantitative estimate of drug-likeness (QED) is 0.387. The second-order valence-electron chi connectivity index (χ2n) is 7.68. The predicted molar refractivity (Wildman–Crippen MR) is 134 cm³/mol. The van der Waals surface area contributed by atoms with Gasteiger partial charge in [-0.2, -0.15) is 0 Å². The summed E-state index contributed by atoms with van der Waals surface area (Å²) in [5, 5.41) is 12.6. The van der Waals surface area contributed by atoms with Crippen LogP contribution in [-0.4, -0.2) is 38.2 Å². The standard InChI is InChI=1S/C24H25ClN4O3S/c1-32-19-10-8-17(9-11-19)28-24(31)29-20-13-21(15-4-6-16(25)7-5-15)33-22(20)23(30)27-18-3-2-12-26-14-18/h4-11,13,18,26H,2-3,12,14H2,1H3,(H,27,30)(H2,28,29,31)/t18-/m0/s1. The van der Waals surface area contributed by atoms with Crippen LogP contribution in [0.1, 0.15) is 22.5 Å². The van der Waals surface area contributed by atoms with Gasteiger partial charge >= 0.3 is 6.03 Å². The van der Waals surface area contributed by atoms with E-state index in [0.717, 1.165) is 36.4 Å². The van der Waals surface area contributed by atoms with E-state index in [4.69, 9.17) is 16.3 Å². The molecule has 1 aliphatic heterocycles. The van der Waals surface area contributed by atoms with Crippen LogP contribution in [0.4, 0.5) is 16.2 Å². The fourth-order valence-corrected chi connectivity index (χ4v) is 4.74. The van der Waals surface area contributed by atoms with Crippen LogP contribution in [0.25, 0.3) is 10.4 Å². The maximum Gasteiger partial charge on any atom is 0.323 e. The first-order valence-corrected chi connectivity index (χ1v) is 11.8. The Kier molecular flexibility index (Phi) is 7.49. The van der Waals surface area contributed by atoms with Crippen LogP contribution < -0.4 is 26.0 Å². The number of hydrogen-bond acceptors (Lipinski definition) is 5. The predicted octanol–water partition coefficient (Wildman–Crippen LogP) is 5.20. The lowest BCUT2D eigenvalue weighted by atomic mass is 10.1. The molecule has 1 saturated heterocycles. The Labute approximate surface area is 201 Å². The highest BCUT2D eigenvalue weighted by Gasteiger charge is 2.22. The highest BCUT2D eigenvalue weighted by atomic mass is 35.5. The van der Waals surface area contributed by atoms with Crippen LogP contribution in [0.15, 0.2) is 54.6 Å². The monoisotopic (exact) mass is 484 g/mol. The van der Waals surface area contributed by atoms with Crippen molar-refractivity contribution in [2.24, 2.45) is 0 Å². The Morgan fingerprint density at radius 2 is 1.85 bits per heavy atom. The van der Waals surface area contributed by atoms with Crippen LogP contribution in [-0.2, 0) is 0 Å². The second-order valence-corrected chi connectivity index (χ2v) is 9.17. The molecule has 1 aromatic heterocycles. The van der Waals surface area contributed by atoms with Crippen molar-refractivity contribution in [2.75, 3.05) is 30.8 Å². The van der Waals surface area contributed by atoms with Gasteiger partial charge in [-0.15, -0.1) is 11.3 Å². The van der Waals surface area contributed by atoms with Gasteiger partial charge in [0.05, 0.1) is 12.8 Å². The lowest BCUT2D eigenvalue weighted by molar-refractivity contribution is 0.0935. The molecule has 4 rings (SSSR count). The normalized spacial score (nSPS) is 15.5. The van der Waals surface area contributed by atoms with Crippen molar-refractivity contribution in [1.82, 2.24) is 10.6 Å². The van der Waals surface area contributed by atoms with Gasteiger partial charge in [0.25, 0.3) is 5.91 Å². The summed E-state index contributed by atoms with van der Waals surface area (Å²) in [5.41, 5.74) is 1.99. The lowest BCUT2D eigenvalue weighted by Crippen LogP contribution is -2.45. The zero-order valence-corrected chi connectivity index (χ0v) is 19.7. The Hall–Kier alpha value is -3.07. The third-order valence-corrected chi connectivity index (χ3v) is 6.73. The number of piperidine rings is 1. The zero-order valence-electron chi connectivity index (χ0n) is 18.1. The summed E-state index contributed by atoms with van der Waals surface area (Å²) >= 11 is 7.35. The molecular weight excluding hydrogens is 460 g/mol. The zero-order chi connectivity index (χ0) is 23.2. The first kappa shape index (κ1) is 23.1.